The summed E-state index contributed by atoms with van der Waals surface area (Å²) in [5.74, 6) is 0.949. The number of ether oxygens (including phenoxy) is 1. The van der Waals surface area contributed by atoms with E-state index in [0.717, 1.165) is 11.4 Å². The summed E-state index contributed by atoms with van der Waals surface area (Å²) in [6, 6.07) is 11.9. The van der Waals surface area contributed by atoms with Gasteiger partial charge in [0.2, 0.25) is 0 Å². The Morgan fingerprint density at radius 3 is 3.06 bits per heavy atom. The van der Waals surface area contributed by atoms with Crippen molar-refractivity contribution >= 4 is 17.3 Å². The van der Waals surface area contributed by atoms with E-state index >= 15 is 0 Å². The molecule has 0 spiro atoms. The van der Waals surface area contributed by atoms with E-state index in [9.17, 15) is 0 Å². The fraction of sp³-hybridized carbons (Fsp3) is 0.154. The van der Waals surface area contributed by atoms with Crippen molar-refractivity contribution in [2.45, 2.75) is 6.04 Å². The fourth-order valence-electron chi connectivity index (χ4n) is 1.98. The summed E-state index contributed by atoms with van der Waals surface area (Å²) in [4.78, 5) is 3.95. The van der Waals surface area contributed by atoms with E-state index in [1.165, 1.54) is 5.56 Å². The van der Waals surface area contributed by atoms with Crippen LogP contribution in [0.25, 0.3) is 0 Å². The summed E-state index contributed by atoms with van der Waals surface area (Å²) in [6.07, 6.45) is 1.69. The first-order valence-corrected chi connectivity index (χ1v) is 5.80. The molecule has 86 valence electrons. The Hall–Kier alpha value is -1.74. The molecule has 0 aliphatic carbocycles. The molecular weight excluding hydrogens is 236 g/mol. The average molecular weight is 247 g/mol. The number of aromatic nitrogens is 1. The van der Waals surface area contributed by atoms with E-state index < -0.39 is 0 Å². The summed E-state index contributed by atoms with van der Waals surface area (Å²) in [5, 5.41) is 3.88. The van der Waals surface area contributed by atoms with Crippen molar-refractivity contribution in [2.75, 3.05) is 11.9 Å². The third kappa shape index (κ3) is 2.06. The van der Waals surface area contributed by atoms with Gasteiger partial charge in [0.1, 0.15) is 17.5 Å². The predicted molar refractivity (Wildman–Crippen MR) is 67.5 cm³/mol. The lowest BCUT2D eigenvalue weighted by atomic mass is 10.1. The number of nitrogens with zero attached hydrogens (tertiary/aromatic N) is 1. The molecule has 0 bridgehead atoms. The molecule has 2 aromatic rings. The van der Waals surface area contributed by atoms with Crippen LogP contribution in [0.15, 0.2) is 42.6 Å². The number of rotatable bonds is 2. The minimum absolute atomic E-state index is 0.171. The molecule has 3 rings (SSSR count). The normalized spacial score (nSPS) is 17.4. The van der Waals surface area contributed by atoms with Crippen LogP contribution < -0.4 is 10.1 Å². The molecule has 2 heterocycles. The lowest BCUT2D eigenvalue weighted by Crippen LogP contribution is -2.11. The Labute approximate surface area is 104 Å². The molecule has 0 amide bonds. The third-order valence-electron chi connectivity index (χ3n) is 2.77. The maximum Gasteiger partial charge on any atom is 0.131 e. The third-order valence-corrected chi connectivity index (χ3v) is 2.97. The Kier molecular flexibility index (Phi) is 2.61. The predicted octanol–water partition coefficient (Wildman–Crippen LogP) is 3.28. The lowest BCUT2D eigenvalue weighted by molar-refractivity contribution is 0.340. The van der Waals surface area contributed by atoms with Crippen LogP contribution in [-0.4, -0.2) is 11.6 Å². The number of benzene rings is 1. The highest BCUT2D eigenvalue weighted by Gasteiger charge is 2.23. The van der Waals surface area contributed by atoms with Crippen LogP contribution in [0.1, 0.15) is 11.6 Å². The van der Waals surface area contributed by atoms with Gasteiger partial charge < -0.3 is 10.1 Å². The van der Waals surface area contributed by atoms with Gasteiger partial charge in [0, 0.05) is 17.4 Å². The topological polar surface area (TPSA) is 34.1 Å². The molecule has 1 unspecified atom stereocenters. The number of fused-ring (bicyclic) bond motifs is 1. The van der Waals surface area contributed by atoms with Gasteiger partial charge in [-0.1, -0.05) is 29.8 Å². The van der Waals surface area contributed by atoms with Crippen LogP contribution in [0.2, 0.25) is 5.15 Å². The molecule has 1 N–H and O–H groups in total. The second-order valence-electron chi connectivity index (χ2n) is 3.91. The summed E-state index contributed by atoms with van der Waals surface area (Å²) in [7, 11) is 0. The number of pyridine rings is 1. The molecule has 0 radical (unpaired) electrons. The molecule has 0 fully saturated rings. The minimum Gasteiger partial charge on any atom is -0.491 e. The number of hydrogen-bond donors (Lipinski definition) is 1. The molecule has 1 aromatic carbocycles. The maximum absolute atomic E-state index is 5.85. The smallest absolute Gasteiger partial charge is 0.131 e. The number of nitrogens with one attached hydrogen (secondary N) is 1. The molecule has 3 nitrogen and oxygen atoms in total. The van der Waals surface area contributed by atoms with Crippen molar-refractivity contribution in [1.82, 2.24) is 4.98 Å². The SMILES string of the molecule is Clc1cc(NC2COc3ccccc32)ccn1. The van der Waals surface area contributed by atoms with Gasteiger partial charge in [-0.05, 0) is 18.2 Å². The Bertz CT molecular complexity index is 544. The molecule has 1 aromatic heterocycles. The first-order valence-electron chi connectivity index (χ1n) is 5.43. The van der Waals surface area contributed by atoms with Crippen molar-refractivity contribution in [3.8, 4) is 5.75 Å². The molecule has 4 heteroatoms. The van der Waals surface area contributed by atoms with Crippen LogP contribution in [0.3, 0.4) is 0 Å². The monoisotopic (exact) mass is 246 g/mol. The summed E-state index contributed by atoms with van der Waals surface area (Å²) < 4.78 is 5.60. The number of hydrogen-bond acceptors (Lipinski definition) is 3. The van der Waals surface area contributed by atoms with Crippen molar-refractivity contribution in [3.05, 3.63) is 53.3 Å². The van der Waals surface area contributed by atoms with Gasteiger partial charge in [-0.3, -0.25) is 0 Å². The van der Waals surface area contributed by atoms with Crippen LogP contribution in [0.4, 0.5) is 5.69 Å². The zero-order valence-electron chi connectivity index (χ0n) is 9.06. The first kappa shape index (κ1) is 10.4. The van der Waals surface area contributed by atoms with Crippen molar-refractivity contribution in [2.24, 2.45) is 0 Å². The van der Waals surface area contributed by atoms with E-state index in [1.54, 1.807) is 6.20 Å². The molecule has 17 heavy (non-hydrogen) atoms. The van der Waals surface area contributed by atoms with Crippen LogP contribution >= 0.6 is 11.6 Å². The molecule has 1 aliphatic rings. The quantitative estimate of drug-likeness (QED) is 0.826. The number of halogens is 1. The van der Waals surface area contributed by atoms with Gasteiger partial charge >= 0.3 is 0 Å². The second kappa shape index (κ2) is 4.26. The lowest BCUT2D eigenvalue weighted by Gasteiger charge is -2.12. The van der Waals surface area contributed by atoms with Gasteiger partial charge in [0.05, 0.1) is 6.04 Å². The Morgan fingerprint density at radius 2 is 2.18 bits per heavy atom. The number of anilines is 1. The Balaban J connectivity index is 1.84. The van der Waals surface area contributed by atoms with Crippen molar-refractivity contribution in [3.63, 3.8) is 0 Å². The van der Waals surface area contributed by atoms with Crippen LogP contribution in [0, 0.1) is 0 Å². The second-order valence-corrected chi connectivity index (χ2v) is 4.30. The average Bonchev–Trinajstić information content (AvgIpc) is 2.73. The van der Waals surface area contributed by atoms with Gasteiger partial charge in [0.15, 0.2) is 0 Å². The summed E-state index contributed by atoms with van der Waals surface area (Å²) in [6.45, 7) is 0.638. The van der Waals surface area contributed by atoms with E-state index in [2.05, 4.69) is 16.4 Å². The van der Waals surface area contributed by atoms with Gasteiger partial charge in [0.25, 0.3) is 0 Å². The largest absolute Gasteiger partial charge is 0.491 e. The molecule has 0 saturated carbocycles. The zero-order valence-corrected chi connectivity index (χ0v) is 9.82. The van der Waals surface area contributed by atoms with E-state index in [0.29, 0.717) is 11.8 Å². The molecule has 1 atom stereocenters. The van der Waals surface area contributed by atoms with Crippen LogP contribution in [0.5, 0.6) is 5.75 Å². The summed E-state index contributed by atoms with van der Waals surface area (Å²) >= 11 is 5.85. The van der Waals surface area contributed by atoms with Crippen molar-refractivity contribution in [1.29, 1.82) is 0 Å². The van der Waals surface area contributed by atoms with Gasteiger partial charge in [-0.2, -0.15) is 0 Å². The first-order chi connectivity index (χ1) is 8.33. The van der Waals surface area contributed by atoms with Gasteiger partial charge in [-0.25, -0.2) is 4.98 Å². The zero-order chi connectivity index (χ0) is 11.7. The standard InChI is InChI=1S/C13H11ClN2O/c14-13-7-9(5-6-15-13)16-11-8-17-12-4-2-1-3-10(11)12/h1-7,11H,8H2,(H,15,16). The highest BCUT2D eigenvalue weighted by molar-refractivity contribution is 6.29. The molecule has 0 saturated heterocycles. The fourth-order valence-corrected chi connectivity index (χ4v) is 2.15. The minimum atomic E-state index is 0.171. The highest BCUT2D eigenvalue weighted by Crippen LogP contribution is 2.34. The van der Waals surface area contributed by atoms with Crippen LogP contribution in [-0.2, 0) is 0 Å². The maximum atomic E-state index is 5.85. The molecule has 1 aliphatic heterocycles. The van der Waals surface area contributed by atoms with Gasteiger partial charge in [-0.15, -0.1) is 0 Å². The summed E-state index contributed by atoms with van der Waals surface area (Å²) in [5.41, 5.74) is 2.13. The van der Waals surface area contributed by atoms with E-state index in [1.807, 2.05) is 30.3 Å². The number of para-hydroxylation sites is 1. The van der Waals surface area contributed by atoms with Crippen molar-refractivity contribution < 1.29 is 4.74 Å². The molecular formula is C13H11ClN2O. The van der Waals surface area contributed by atoms with E-state index in [4.69, 9.17) is 16.3 Å². The Morgan fingerprint density at radius 1 is 1.29 bits per heavy atom. The highest BCUT2D eigenvalue weighted by atomic mass is 35.5. The van der Waals surface area contributed by atoms with E-state index in [-0.39, 0.29) is 6.04 Å².